The average Bonchev–Trinajstić information content (AvgIpc) is 2.62. The zero-order valence-corrected chi connectivity index (χ0v) is 15.6. The minimum atomic E-state index is -3.17. The van der Waals surface area contributed by atoms with Crippen molar-refractivity contribution in [3.05, 3.63) is 34.9 Å². The molecule has 0 amide bonds. The zero-order valence-electron chi connectivity index (χ0n) is 14.8. The predicted octanol–water partition coefficient (Wildman–Crippen LogP) is 2.20. The van der Waals surface area contributed by atoms with E-state index in [1.807, 2.05) is 36.9 Å². The molecule has 6 nitrogen and oxygen atoms in total. The third-order valence-electron chi connectivity index (χ3n) is 4.83. The Bertz CT molecular complexity index is 955. The number of piperazine rings is 1. The molecule has 0 aliphatic carbocycles. The molecule has 0 unspecified atom stereocenters. The average molecular weight is 358 g/mol. The van der Waals surface area contributed by atoms with Crippen LogP contribution in [0.5, 0.6) is 0 Å². The van der Waals surface area contributed by atoms with Crippen LogP contribution in [0.4, 0.5) is 5.82 Å². The van der Waals surface area contributed by atoms with Crippen LogP contribution >= 0.6 is 0 Å². The first-order chi connectivity index (χ1) is 11.9. The summed E-state index contributed by atoms with van der Waals surface area (Å²) in [6.07, 6.45) is 0. The highest BCUT2D eigenvalue weighted by molar-refractivity contribution is 7.89. The van der Waals surface area contributed by atoms with E-state index in [4.69, 9.17) is 4.98 Å². The lowest BCUT2D eigenvalue weighted by molar-refractivity contribution is 0.384. The summed E-state index contributed by atoms with van der Waals surface area (Å²) in [6.45, 7) is 7.67. The molecule has 2 heterocycles. The highest BCUT2D eigenvalue weighted by Crippen LogP contribution is 2.26. The molecule has 2 aromatic rings. The van der Waals surface area contributed by atoms with Crippen LogP contribution < -0.4 is 4.90 Å². The monoisotopic (exact) mass is 358 g/mol. The van der Waals surface area contributed by atoms with Gasteiger partial charge in [-0.05, 0) is 50.1 Å². The predicted molar refractivity (Wildman–Crippen MR) is 99.2 cm³/mol. The number of benzene rings is 1. The Morgan fingerprint density at radius 1 is 1.12 bits per heavy atom. The van der Waals surface area contributed by atoms with Gasteiger partial charge in [0.05, 0.1) is 16.8 Å². The molecule has 0 atom stereocenters. The van der Waals surface area contributed by atoms with Crippen molar-refractivity contribution in [1.82, 2.24) is 9.29 Å². The molecule has 1 saturated heterocycles. The molecule has 1 aromatic carbocycles. The molecular weight excluding hydrogens is 336 g/mol. The van der Waals surface area contributed by atoms with Gasteiger partial charge in [-0.2, -0.15) is 9.57 Å². The van der Waals surface area contributed by atoms with Crippen LogP contribution in [0.15, 0.2) is 18.2 Å². The van der Waals surface area contributed by atoms with Gasteiger partial charge in [0.2, 0.25) is 10.0 Å². The summed E-state index contributed by atoms with van der Waals surface area (Å²) in [5.74, 6) is 0.760. The summed E-state index contributed by atoms with van der Waals surface area (Å²) in [7, 11) is -3.17. The molecule has 0 radical (unpaired) electrons. The molecule has 0 spiro atoms. The van der Waals surface area contributed by atoms with Gasteiger partial charge in [0.25, 0.3) is 0 Å². The third kappa shape index (κ3) is 3.32. The number of nitriles is 1. The van der Waals surface area contributed by atoms with Crippen molar-refractivity contribution in [2.24, 2.45) is 0 Å². The molecule has 0 saturated carbocycles. The number of nitrogens with zero attached hydrogens (tertiary/aromatic N) is 4. The molecule has 25 heavy (non-hydrogen) atoms. The van der Waals surface area contributed by atoms with Gasteiger partial charge in [0, 0.05) is 31.6 Å². The fourth-order valence-electron chi connectivity index (χ4n) is 3.11. The van der Waals surface area contributed by atoms with E-state index < -0.39 is 10.0 Å². The molecule has 0 bridgehead atoms. The fourth-order valence-corrected chi connectivity index (χ4v) is 4.20. The summed E-state index contributed by atoms with van der Waals surface area (Å²) in [4.78, 5) is 6.72. The lowest BCUT2D eigenvalue weighted by Crippen LogP contribution is -2.49. The number of rotatable bonds is 3. The van der Waals surface area contributed by atoms with E-state index in [1.165, 1.54) is 9.87 Å². The number of aryl methyl sites for hydroxylation is 2. The van der Waals surface area contributed by atoms with Crippen molar-refractivity contribution in [3.8, 4) is 6.07 Å². The Morgan fingerprint density at radius 2 is 1.76 bits per heavy atom. The van der Waals surface area contributed by atoms with Crippen molar-refractivity contribution < 1.29 is 8.42 Å². The van der Waals surface area contributed by atoms with Crippen molar-refractivity contribution in [1.29, 1.82) is 5.26 Å². The minimum absolute atomic E-state index is 0.114. The smallest absolute Gasteiger partial charge is 0.213 e. The zero-order chi connectivity index (χ0) is 18.2. The molecule has 0 N–H and O–H groups in total. The lowest BCUT2D eigenvalue weighted by atomic mass is 10.0. The second kappa shape index (κ2) is 6.62. The Morgan fingerprint density at radius 3 is 2.36 bits per heavy atom. The molecular formula is C18H22N4O2S. The first-order valence-electron chi connectivity index (χ1n) is 8.40. The number of anilines is 1. The lowest BCUT2D eigenvalue weighted by Gasteiger charge is -2.35. The van der Waals surface area contributed by atoms with Crippen molar-refractivity contribution >= 4 is 26.7 Å². The molecule has 1 aliphatic heterocycles. The summed E-state index contributed by atoms with van der Waals surface area (Å²) in [5, 5.41) is 10.5. The van der Waals surface area contributed by atoms with Gasteiger partial charge in [-0.25, -0.2) is 13.4 Å². The number of hydrogen-bond donors (Lipinski definition) is 0. The standard InChI is InChI=1S/C18H22N4O2S/c1-4-25(23,24)22-7-5-21(6-8-22)18-16(12-19)11-15-9-13(2)14(3)10-17(15)20-18/h9-11H,4-8H2,1-3H3. The molecule has 3 rings (SSSR count). The number of aromatic nitrogens is 1. The van der Waals surface area contributed by atoms with E-state index in [1.54, 1.807) is 6.92 Å². The summed E-state index contributed by atoms with van der Waals surface area (Å²) in [6, 6.07) is 8.19. The van der Waals surface area contributed by atoms with Crippen molar-refractivity contribution in [2.45, 2.75) is 20.8 Å². The molecule has 132 valence electrons. The van der Waals surface area contributed by atoms with Crippen LogP contribution in [0.25, 0.3) is 10.9 Å². The Labute approximate surface area is 148 Å². The van der Waals surface area contributed by atoms with Crippen molar-refractivity contribution in [3.63, 3.8) is 0 Å². The van der Waals surface area contributed by atoms with E-state index in [2.05, 4.69) is 6.07 Å². The topological polar surface area (TPSA) is 77.3 Å². The molecule has 1 aromatic heterocycles. The Kier molecular flexibility index (Phi) is 4.67. The summed E-state index contributed by atoms with van der Waals surface area (Å²) in [5.41, 5.74) is 3.72. The Balaban J connectivity index is 1.94. The van der Waals surface area contributed by atoms with Gasteiger partial charge in [0.1, 0.15) is 11.9 Å². The van der Waals surface area contributed by atoms with Gasteiger partial charge in [-0.3, -0.25) is 0 Å². The van der Waals surface area contributed by atoms with Crippen LogP contribution in [-0.2, 0) is 10.0 Å². The maximum absolute atomic E-state index is 12.0. The van der Waals surface area contributed by atoms with Crippen LogP contribution in [0, 0.1) is 25.2 Å². The van der Waals surface area contributed by atoms with Crippen LogP contribution in [-0.4, -0.2) is 49.6 Å². The molecule has 7 heteroatoms. The molecule has 1 aliphatic rings. The van der Waals surface area contributed by atoms with Gasteiger partial charge < -0.3 is 4.90 Å². The number of fused-ring (bicyclic) bond motifs is 1. The normalized spacial score (nSPS) is 16.2. The van der Waals surface area contributed by atoms with Gasteiger partial charge >= 0.3 is 0 Å². The Hall–Kier alpha value is -2.17. The fraction of sp³-hybridized carbons (Fsp3) is 0.444. The van der Waals surface area contributed by atoms with E-state index in [0.29, 0.717) is 37.6 Å². The maximum Gasteiger partial charge on any atom is 0.213 e. The maximum atomic E-state index is 12.0. The SMILES string of the molecule is CCS(=O)(=O)N1CCN(c2nc3cc(C)c(C)cc3cc2C#N)CC1. The second-order valence-electron chi connectivity index (χ2n) is 6.39. The number of pyridine rings is 1. The van der Waals surface area contributed by atoms with E-state index in [0.717, 1.165) is 16.5 Å². The van der Waals surface area contributed by atoms with Gasteiger partial charge in [0.15, 0.2) is 0 Å². The summed E-state index contributed by atoms with van der Waals surface area (Å²) >= 11 is 0. The largest absolute Gasteiger partial charge is 0.353 e. The van der Waals surface area contributed by atoms with Crippen LogP contribution in [0.2, 0.25) is 0 Å². The van der Waals surface area contributed by atoms with E-state index in [-0.39, 0.29) is 5.75 Å². The van der Waals surface area contributed by atoms with Crippen LogP contribution in [0.3, 0.4) is 0 Å². The second-order valence-corrected chi connectivity index (χ2v) is 8.64. The van der Waals surface area contributed by atoms with Crippen LogP contribution in [0.1, 0.15) is 23.6 Å². The van der Waals surface area contributed by atoms with E-state index >= 15 is 0 Å². The first-order valence-corrected chi connectivity index (χ1v) is 10.0. The number of hydrogen-bond acceptors (Lipinski definition) is 5. The number of sulfonamides is 1. The van der Waals surface area contributed by atoms with Gasteiger partial charge in [-0.15, -0.1) is 0 Å². The van der Waals surface area contributed by atoms with Crippen molar-refractivity contribution in [2.75, 3.05) is 36.8 Å². The molecule has 1 fully saturated rings. The quantitative estimate of drug-likeness (QED) is 0.840. The first kappa shape index (κ1) is 17.6. The highest BCUT2D eigenvalue weighted by atomic mass is 32.2. The third-order valence-corrected chi connectivity index (χ3v) is 6.71. The van der Waals surface area contributed by atoms with Gasteiger partial charge in [-0.1, -0.05) is 0 Å². The van der Waals surface area contributed by atoms with E-state index in [9.17, 15) is 13.7 Å². The highest BCUT2D eigenvalue weighted by Gasteiger charge is 2.27. The minimum Gasteiger partial charge on any atom is -0.353 e. The summed E-state index contributed by atoms with van der Waals surface area (Å²) < 4.78 is 25.5.